The van der Waals surface area contributed by atoms with Crippen molar-refractivity contribution < 1.29 is 18.0 Å². The number of carbonyl (C=O) groups is 1. The average Bonchev–Trinajstić information content (AvgIpc) is 2.60. The van der Waals surface area contributed by atoms with E-state index in [1.54, 1.807) is 6.07 Å². The van der Waals surface area contributed by atoms with Crippen LogP contribution in [0.15, 0.2) is 24.3 Å². The highest BCUT2D eigenvalue weighted by molar-refractivity contribution is 5.85. The van der Waals surface area contributed by atoms with Crippen molar-refractivity contribution in [2.24, 2.45) is 11.8 Å². The Morgan fingerprint density at radius 3 is 2.41 bits per heavy atom. The SMILES string of the molecule is CC(CC(=O)NCC(C)(C)c1cccc(C(F)(F)F)c1)C1CCNCC1.Cl. The molecule has 154 valence electrons. The molecule has 0 saturated carbocycles. The Kier molecular flexibility index (Phi) is 8.61. The molecule has 1 aliphatic heterocycles. The van der Waals surface area contributed by atoms with E-state index in [-0.39, 0.29) is 18.3 Å². The van der Waals surface area contributed by atoms with Gasteiger partial charge in [0.25, 0.3) is 0 Å². The zero-order valence-electron chi connectivity index (χ0n) is 16.2. The molecular weight excluding hydrogens is 377 g/mol. The zero-order chi connectivity index (χ0) is 19.4. The number of hydrogen-bond acceptors (Lipinski definition) is 2. The van der Waals surface area contributed by atoms with Crippen LogP contribution in [-0.4, -0.2) is 25.5 Å². The van der Waals surface area contributed by atoms with Crippen molar-refractivity contribution in [1.29, 1.82) is 0 Å². The van der Waals surface area contributed by atoms with E-state index in [2.05, 4.69) is 17.6 Å². The van der Waals surface area contributed by atoms with Gasteiger partial charge < -0.3 is 10.6 Å². The van der Waals surface area contributed by atoms with Gasteiger partial charge in [-0.2, -0.15) is 13.2 Å². The van der Waals surface area contributed by atoms with Crippen LogP contribution in [0, 0.1) is 11.8 Å². The molecule has 1 aliphatic rings. The molecular formula is C20H30ClF3N2O. The topological polar surface area (TPSA) is 41.1 Å². The highest BCUT2D eigenvalue weighted by atomic mass is 35.5. The molecule has 1 fully saturated rings. The van der Waals surface area contributed by atoms with Gasteiger partial charge in [0.1, 0.15) is 0 Å². The van der Waals surface area contributed by atoms with Crippen LogP contribution in [0.4, 0.5) is 13.2 Å². The number of piperidine rings is 1. The molecule has 3 nitrogen and oxygen atoms in total. The van der Waals surface area contributed by atoms with Crippen molar-refractivity contribution in [2.45, 2.75) is 51.6 Å². The van der Waals surface area contributed by atoms with Crippen LogP contribution >= 0.6 is 12.4 Å². The molecule has 0 aliphatic carbocycles. The maximum Gasteiger partial charge on any atom is 0.416 e. The second kappa shape index (κ2) is 9.78. The van der Waals surface area contributed by atoms with Gasteiger partial charge in [-0.05, 0) is 49.4 Å². The number of rotatable bonds is 6. The molecule has 0 spiro atoms. The van der Waals surface area contributed by atoms with E-state index in [0.29, 0.717) is 30.4 Å². The summed E-state index contributed by atoms with van der Waals surface area (Å²) in [5.74, 6) is 0.836. The van der Waals surface area contributed by atoms with Gasteiger partial charge in [-0.3, -0.25) is 4.79 Å². The third kappa shape index (κ3) is 7.00. The lowest BCUT2D eigenvalue weighted by Gasteiger charge is -2.29. The first-order chi connectivity index (χ1) is 12.1. The number of nitrogens with one attached hydrogen (secondary N) is 2. The fourth-order valence-corrected chi connectivity index (χ4v) is 3.48. The van der Waals surface area contributed by atoms with Crippen LogP contribution in [-0.2, 0) is 16.4 Å². The normalized spacial score (nSPS) is 17.1. The van der Waals surface area contributed by atoms with Gasteiger partial charge in [0.2, 0.25) is 5.91 Å². The summed E-state index contributed by atoms with van der Waals surface area (Å²) in [4.78, 5) is 12.3. The van der Waals surface area contributed by atoms with Crippen molar-refractivity contribution >= 4 is 18.3 Å². The molecule has 0 bridgehead atoms. The molecule has 1 unspecified atom stereocenters. The molecule has 1 atom stereocenters. The van der Waals surface area contributed by atoms with E-state index >= 15 is 0 Å². The molecule has 1 amide bonds. The Hall–Kier alpha value is -1.27. The van der Waals surface area contributed by atoms with E-state index < -0.39 is 17.2 Å². The predicted octanol–water partition coefficient (Wildman–Crippen LogP) is 4.55. The van der Waals surface area contributed by atoms with Crippen molar-refractivity contribution in [2.75, 3.05) is 19.6 Å². The van der Waals surface area contributed by atoms with Gasteiger partial charge in [0.05, 0.1) is 5.56 Å². The standard InChI is InChI=1S/C20H29F3N2O.ClH/c1-14(15-7-9-24-10-8-15)11-18(26)25-13-19(2,3)16-5-4-6-17(12-16)20(21,22)23;/h4-6,12,14-15,24H,7-11,13H2,1-3H3,(H,25,26);1H. The average molecular weight is 407 g/mol. The van der Waals surface area contributed by atoms with E-state index in [9.17, 15) is 18.0 Å². The molecule has 1 aromatic rings. The first kappa shape index (κ1) is 23.8. The first-order valence-electron chi connectivity index (χ1n) is 9.25. The summed E-state index contributed by atoms with van der Waals surface area (Å²) >= 11 is 0. The maximum absolute atomic E-state index is 12.9. The third-order valence-electron chi connectivity index (χ3n) is 5.39. The molecule has 0 aromatic heterocycles. The lowest BCUT2D eigenvalue weighted by molar-refractivity contribution is -0.137. The monoisotopic (exact) mass is 406 g/mol. The van der Waals surface area contributed by atoms with Gasteiger partial charge in [-0.25, -0.2) is 0 Å². The molecule has 1 aromatic carbocycles. The first-order valence-corrected chi connectivity index (χ1v) is 9.25. The number of amides is 1. The summed E-state index contributed by atoms with van der Waals surface area (Å²) in [6.07, 6.45) is -1.72. The molecule has 27 heavy (non-hydrogen) atoms. The second-order valence-corrected chi connectivity index (χ2v) is 8.01. The Morgan fingerprint density at radius 2 is 1.81 bits per heavy atom. The second-order valence-electron chi connectivity index (χ2n) is 8.01. The van der Waals surface area contributed by atoms with Crippen molar-refractivity contribution in [3.63, 3.8) is 0 Å². The van der Waals surface area contributed by atoms with Gasteiger partial charge >= 0.3 is 6.18 Å². The van der Waals surface area contributed by atoms with Gasteiger partial charge in [-0.1, -0.05) is 39.0 Å². The molecule has 2 N–H and O–H groups in total. The fraction of sp³-hybridized carbons (Fsp3) is 0.650. The lowest BCUT2D eigenvalue weighted by atomic mass is 9.82. The van der Waals surface area contributed by atoms with Crippen LogP contribution in [0.5, 0.6) is 0 Å². The van der Waals surface area contributed by atoms with E-state index in [4.69, 9.17) is 0 Å². The van der Waals surface area contributed by atoms with Gasteiger partial charge in [-0.15, -0.1) is 12.4 Å². The highest BCUT2D eigenvalue weighted by Crippen LogP contribution is 2.32. The van der Waals surface area contributed by atoms with E-state index in [1.807, 2.05) is 13.8 Å². The summed E-state index contributed by atoms with van der Waals surface area (Å²) in [5, 5.41) is 6.23. The third-order valence-corrected chi connectivity index (χ3v) is 5.39. The van der Waals surface area contributed by atoms with Crippen LogP contribution in [0.25, 0.3) is 0 Å². The number of hydrogen-bond donors (Lipinski definition) is 2. The van der Waals surface area contributed by atoms with Crippen molar-refractivity contribution in [3.8, 4) is 0 Å². The molecule has 7 heteroatoms. The number of alkyl halides is 3. The summed E-state index contributed by atoms with van der Waals surface area (Å²) in [5.41, 5.74) is -0.664. The maximum atomic E-state index is 12.9. The highest BCUT2D eigenvalue weighted by Gasteiger charge is 2.32. The van der Waals surface area contributed by atoms with E-state index in [0.717, 1.165) is 32.0 Å². The van der Waals surface area contributed by atoms with Gasteiger partial charge in [0, 0.05) is 18.4 Å². The summed E-state index contributed by atoms with van der Waals surface area (Å²) in [7, 11) is 0. The van der Waals surface area contributed by atoms with Gasteiger partial charge in [0.15, 0.2) is 0 Å². The lowest BCUT2D eigenvalue weighted by Crippen LogP contribution is -2.38. The largest absolute Gasteiger partial charge is 0.416 e. The summed E-state index contributed by atoms with van der Waals surface area (Å²) < 4.78 is 38.7. The Labute approximate surface area is 165 Å². The minimum absolute atomic E-state index is 0. The summed E-state index contributed by atoms with van der Waals surface area (Å²) in [6, 6.07) is 5.34. The smallest absolute Gasteiger partial charge is 0.355 e. The summed E-state index contributed by atoms with van der Waals surface area (Å²) in [6.45, 7) is 8.11. The van der Waals surface area contributed by atoms with Crippen LogP contribution < -0.4 is 10.6 Å². The number of carbonyl (C=O) groups excluding carboxylic acids is 1. The quantitative estimate of drug-likeness (QED) is 0.727. The van der Waals surface area contributed by atoms with Crippen molar-refractivity contribution in [1.82, 2.24) is 10.6 Å². The number of benzene rings is 1. The van der Waals surface area contributed by atoms with Crippen LogP contribution in [0.3, 0.4) is 0 Å². The van der Waals surface area contributed by atoms with Crippen LogP contribution in [0.2, 0.25) is 0 Å². The molecule has 0 radical (unpaired) electrons. The Bertz CT molecular complexity index is 613. The number of halogens is 4. The predicted molar refractivity (Wildman–Crippen MR) is 104 cm³/mol. The minimum atomic E-state index is -4.36. The van der Waals surface area contributed by atoms with Crippen molar-refractivity contribution in [3.05, 3.63) is 35.4 Å². The Balaban J connectivity index is 0.00000364. The van der Waals surface area contributed by atoms with Crippen LogP contribution in [0.1, 0.15) is 51.2 Å². The minimum Gasteiger partial charge on any atom is -0.355 e. The fourth-order valence-electron chi connectivity index (χ4n) is 3.48. The zero-order valence-corrected chi connectivity index (χ0v) is 17.0. The van der Waals surface area contributed by atoms with E-state index in [1.165, 1.54) is 12.1 Å². The Morgan fingerprint density at radius 1 is 1.22 bits per heavy atom. The molecule has 1 saturated heterocycles. The molecule has 1 heterocycles. The molecule has 2 rings (SSSR count).